The Morgan fingerprint density at radius 3 is 2.48 bits per heavy atom. The molecule has 1 saturated carbocycles. The molecule has 0 radical (unpaired) electrons. The summed E-state index contributed by atoms with van der Waals surface area (Å²) in [7, 11) is -4.26. The highest BCUT2D eigenvalue weighted by atomic mass is 79.9. The molecule has 0 unspecified atom stereocenters. The molecule has 27 heavy (non-hydrogen) atoms. The molecule has 1 aliphatic rings. The second-order valence-electron chi connectivity index (χ2n) is 6.34. The Balaban J connectivity index is 1.86. The van der Waals surface area contributed by atoms with E-state index in [-0.39, 0.29) is 15.4 Å². The number of halogens is 3. The van der Waals surface area contributed by atoms with E-state index in [1.807, 2.05) is 6.07 Å². The maximum Gasteiger partial charge on any atom is 0.244 e. The summed E-state index contributed by atoms with van der Waals surface area (Å²) in [4.78, 5) is 12.1. The van der Waals surface area contributed by atoms with Crippen LogP contribution in [-0.2, 0) is 14.8 Å². The van der Waals surface area contributed by atoms with E-state index in [1.54, 1.807) is 24.3 Å². The number of hydrogen-bond acceptors (Lipinski definition) is 3. The molecule has 0 bridgehead atoms. The van der Waals surface area contributed by atoms with Crippen molar-refractivity contribution in [2.45, 2.75) is 30.2 Å². The van der Waals surface area contributed by atoms with E-state index >= 15 is 0 Å². The largest absolute Gasteiger partial charge is 0.325 e. The van der Waals surface area contributed by atoms with Crippen LogP contribution in [0.1, 0.15) is 19.3 Å². The fourth-order valence-electron chi connectivity index (χ4n) is 2.82. The number of hydrogen-bond donors (Lipinski definition) is 2. The Morgan fingerprint density at radius 1 is 1.22 bits per heavy atom. The zero-order valence-electron chi connectivity index (χ0n) is 14.1. The zero-order chi connectivity index (χ0) is 19.6. The Bertz CT molecular complexity index is 953. The molecule has 144 valence electrons. The van der Waals surface area contributed by atoms with Crippen molar-refractivity contribution in [3.63, 3.8) is 0 Å². The molecule has 1 atom stereocenters. The highest BCUT2D eigenvalue weighted by Gasteiger charge is 2.37. The molecule has 0 spiro atoms. The summed E-state index contributed by atoms with van der Waals surface area (Å²) in [6.07, 6.45) is 2.37. The third-order valence-electron chi connectivity index (χ3n) is 4.49. The van der Waals surface area contributed by atoms with Crippen LogP contribution in [0.4, 0.5) is 10.1 Å². The molecular formula is C18H17BrClFN2O3S. The standard InChI is InChI=1S/C18H17BrClFN2O3S/c19-13-9-16(15(21)10-14(13)20)27(25,26)23-17(11-5-4-6-11)18(24)22-12-7-2-1-3-8-12/h1-3,7-11,17,23H,4-6H2,(H,22,24)/t17-/m1/s1. The number of carbonyl (C=O) groups excluding carboxylic acids is 1. The van der Waals surface area contributed by atoms with E-state index in [0.29, 0.717) is 5.69 Å². The van der Waals surface area contributed by atoms with Crippen molar-refractivity contribution in [1.82, 2.24) is 4.72 Å². The van der Waals surface area contributed by atoms with Gasteiger partial charge in [-0.25, -0.2) is 12.8 Å². The van der Waals surface area contributed by atoms with Crippen LogP contribution in [0.15, 0.2) is 51.8 Å². The average Bonchev–Trinajstić information content (AvgIpc) is 2.56. The lowest BCUT2D eigenvalue weighted by Crippen LogP contribution is -2.50. The second kappa shape index (κ2) is 8.26. The number of rotatable bonds is 6. The Kier molecular flexibility index (Phi) is 6.20. The van der Waals surface area contributed by atoms with E-state index in [2.05, 4.69) is 26.0 Å². The topological polar surface area (TPSA) is 75.3 Å². The minimum atomic E-state index is -4.26. The molecule has 1 aliphatic carbocycles. The van der Waals surface area contributed by atoms with Gasteiger partial charge in [0.25, 0.3) is 0 Å². The Labute approximate surface area is 170 Å². The molecule has 3 rings (SSSR count). The van der Waals surface area contributed by atoms with Crippen molar-refractivity contribution in [2.24, 2.45) is 5.92 Å². The lowest BCUT2D eigenvalue weighted by molar-refractivity contribution is -0.119. The number of carbonyl (C=O) groups is 1. The number of sulfonamides is 1. The maximum atomic E-state index is 14.2. The highest BCUT2D eigenvalue weighted by Crippen LogP contribution is 2.32. The molecule has 2 N–H and O–H groups in total. The third kappa shape index (κ3) is 4.68. The van der Waals surface area contributed by atoms with Crippen molar-refractivity contribution in [3.05, 3.63) is 57.8 Å². The van der Waals surface area contributed by atoms with Crippen molar-refractivity contribution in [1.29, 1.82) is 0 Å². The summed E-state index contributed by atoms with van der Waals surface area (Å²) >= 11 is 8.89. The molecule has 5 nitrogen and oxygen atoms in total. The molecule has 1 amide bonds. The number of para-hydroxylation sites is 1. The van der Waals surface area contributed by atoms with Gasteiger partial charge in [0.1, 0.15) is 16.8 Å². The smallest absolute Gasteiger partial charge is 0.244 e. The number of anilines is 1. The predicted octanol–water partition coefficient (Wildman–Crippen LogP) is 4.33. The van der Waals surface area contributed by atoms with Crippen molar-refractivity contribution < 1.29 is 17.6 Å². The summed E-state index contributed by atoms with van der Waals surface area (Å²) in [6.45, 7) is 0. The monoisotopic (exact) mass is 474 g/mol. The minimum Gasteiger partial charge on any atom is -0.325 e. The summed E-state index contributed by atoms with van der Waals surface area (Å²) < 4.78 is 42.3. The SMILES string of the molecule is O=C(Nc1ccccc1)[C@H](NS(=O)(=O)c1cc(Br)c(Cl)cc1F)C1CCC1. The molecule has 0 aromatic heterocycles. The van der Waals surface area contributed by atoms with E-state index < -0.39 is 32.7 Å². The maximum absolute atomic E-state index is 14.2. The van der Waals surface area contributed by atoms with Gasteiger partial charge in [-0.3, -0.25) is 4.79 Å². The normalized spacial score (nSPS) is 15.8. The molecule has 0 aliphatic heterocycles. The van der Waals surface area contributed by atoms with Gasteiger partial charge in [-0.2, -0.15) is 4.72 Å². The van der Waals surface area contributed by atoms with Crippen LogP contribution >= 0.6 is 27.5 Å². The molecule has 1 fully saturated rings. The van der Waals surface area contributed by atoms with Gasteiger partial charge in [0.15, 0.2) is 0 Å². The van der Waals surface area contributed by atoms with Crippen LogP contribution in [0.5, 0.6) is 0 Å². The predicted molar refractivity (Wildman–Crippen MR) is 106 cm³/mol. The quantitative estimate of drug-likeness (QED) is 0.611. The Morgan fingerprint density at radius 2 is 1.89 bits per heavy atom. The number of nitrogens with one attached hydrogen (secondary N) is 2. The van der Waals surface area contributed by atoms with Gasteiger partial charge in [0.2, 0.25) is 15.9 Å². The first-order chi connectivity index (χ1) is 12.8. The second-order valence-corrected chi connectivity index (χ2v) is 9.29. The fourth-order valence-corrected chi connectivity index (χ4v) is 4.81. The zero-order valence-corrected chi connectivity index (χ0v) is 17.2. The van der Waals surface area contributed by atoms with Crippen molar-refractivity contribution >= 4 is 49.1 Å². The summed E-state index contributed by atoms with van der Waals surface area (Å²) in [5.41, 5.74) is 0.562. The van der Waals surface area contributed by atoms with Crippen LogP contribution in [0.25, 0.3) is 0 Å². The van der Waals surface area contributed by atoms with Gasteiger partial charge in [-0.1, -0.05) is 36.2 Å². The van der Waals surface area contributed by atoms with E-state index in [0.717, 1.165) is 31.4 Å². The highest BCUT2D eigenvalue weighted by molar-refractivity contribution is 9.10. The van der Waals surface area contributed by atoms with Crippen LogP contribution in [-0.4, -0.2) is 20.4 Å². The van der Waals surface area contributed by atoms with E-state index in [1.165, 1.54) is 0 Å². The molecule has 9 heteroatoms. The van der Waals surface area contributed by atoms with Gasteiger partial charge >= 0.3 is 0 Å². The van der Waals surface area contributed by atoms with Crippen LogP contribution < -0.4 is 10.0 Å². The van der Waals surface area contributed by atoms with Crippen LogP contribution in [0.3, 0.4) is 0 Å². The number of benzene rings is 2. The van der Waals surface area contributed by atoms with Crippen molar-refractivity contribution in [3.8, 4) is 0 Å². The van der Waals surface area contributed by atoms with Crippen LogP contribution in [0.2, 0.25) is 5.02 Å². The summed E-state index contributed by atoms with van der Waals surface area (Å²) in [5.74, 6) is -1.59. The number of amides is 1. The van der Waals surface area contributed by atoms with Gasteiger partial charge < -0.3 is 5.32 Å². The minimum absolute atomic E-state index is 0.0591. The fraction of sp³-hybridized carbons (Fsp3) is 0.278. The third-order valence-corrected chi connectivity index (χ3v) is 7.14. The van der Waals surface area contributed by atoms with Gasteiger partial charge in [-0.05, 0) is 59.0 Å². The van der Waals surface area contributed by atoms with Gasteiger partial charge in [-0.15, -0.1) is 0 Å². The molecule has 0 heterocycles. The first-order valence-electron chi connectivity index (χ1n) is 8.31. The first kappa shape index (κ1) is 20.3. The first-order valence-corrected chi connectivity index (χ1v) is 11.0. The van der Waals surface area contributed by atoms with E-state index in [9.17, 15) is 17.6 Å². The van der Waals surface area contributed by atoms with E-state index in [4.69, 9.17) is 11.6 Å². The molecular weight excluding hydrogens is 459 g/mol. The molecule has 2 aromatic rings. The molecule has 2 aromatic carbocycles. The van der Waals surface area contributed by atoms with Gasteiger partial charge in [0, 0.05) is 10.2 Å². The summed E-state index contributed by atoms with van der Waals surface area (Å²) in [6, 6.07) is 9.77. The lowest BCUT2D eigenvalue weighted by atomic mass is 9.80. The lowest BCUT2D eigenvalue weighted by Gasteiger charge is -2.33. The molecule has 0 saturated heterocycles. The summed E-state index contributed by atoms with van der Waals surface area (Å²) in [5, 5.41) is 2.77. The Hall–Kier alpha value is -1.48. The van der Waals surface area contributed by atoms with Crippen LogP contribution in [0, 0.1) is 11.7 Å². The van der Waals surface area contributed by atoms with Gasteiger partial charge in [0.05, 0.1) is 5.02 Å². The van der Waals surface area contributed by atoms with Crippen molar-refractivity contribution in [2.75, 3.05) is 5.32 Å². The average molecular weight is 476 g/mol.